The molecule has 0 bridgehead atoms. The first-order chi connectivity index (χ1) is 8.91. The number of hydrogen-bond donors (Lipinski definition) is 1. The number of hydrogen-bond acceptors (Lipinski definition) is 4. The van der Waals surface area contributed by atoms with Gasteiger partial charge in [0.15, 0.2) is 5.79 Å². The minimum atomic E-state index is -0.502. The lowest BCUT2D eigenvalue weighted by Gasteiger charge is -2.35. The zero-order valence-electron chi connectivity index (χ0n) is 11.7. The van der Waals surface area contributed by atoms with Crippen molar-refractivity contribution in [2.75, 3.05) is 25.6 Å². The van der Waals surface area contributed by atoms with Gasteiger partial charge in [0, 0.05) is 11.1 Å². The highest BCUT2D eigenvalue weighted by molar-refractivity contribution is 6.31. The van der Waals surface area contributed by atoms with Crippen molar-refractivity contribution in [1.29, 1.82) is 0 Å². The van der Waals surface area contributed by atoms with Crippen LogP contribution in [-0.2, 0) is 9.47 Å². The molecule has 0 aliphatic carbocycles. The fraction of sp³-hybridized carbons (Fsp3) is 0.571. The first-order valence-electron chi connectivity index (χ1n) is 6.30. The summed E-state index contributed by atoms with van der Waals surface area (Å²) < 4.78 is 16.6. The summed E-state index contributed by atoms with van der Waals surface area (Å²) in [5, 5.41) is 4.07. The van der Waals surface area contributed by atoms with Crippen LogP contribution in [0.4, 0.5) is 5.69 Å². The Bertz CT molecular complexity index is 452. The number of nitrogens with one attached hydrogen (secondary N) is 1. The molecule has 1 aromatic rings. The molecule has 0 unspecified atom stereocenters. The van der Waals surface area contributed by atoms with E-state index in [2.05, 4.69) is 5.32 Å². The van der Waals surface area contributed by atoms with E-state index in [1.54, 1.807) is 7.11 Å². The van der Waals surface area contributed by atoms with Gasteiger partial charge in [-0.2, -0.15) is 0 Å². The predicted octanol–water partition coefficient (Wildman–Crippen LogP) is 3.22. The monoisotopic (exact) mass is 285 g/mol. The molecule has 2 rings (SSSR count). The maximum absolute atomic E-state index is 6.09. The summed E-state index contributed by atoms with van der Waals surface area (Å²) in [6, 6.07) is 3.89. The number of benzene rings is 1. The van der Waals surface area contributed by atoms with Gasteiger partial charge in [-0.05, 0) is 32.4 Å². The van der Waals surface area contributed by atoms with Crippen molar-refractivity contribution in [3.63, 3.8) is 0 Å². The molecule has 0 atom stereocenters. The Kier molecular flexibility index (Phi) is 4.23. The summed E-state index contributed by atoms with van der Waals surface area (Å²) in [6.45, 7) is 6.98. The van der Waals surface area contributed by atoms with E-state index in [-0.39, 0.29) is 6.04 Å². The summed E-state index contributed by atoms with van der Waals surface area (Å²) >= 11 is 6.09. The molecule has 1 heterocycles. The van der Waals surface area contributed by atoms with Crippen molar-refractivity contribution in [2.24, 2.45) is 0 Å². The van der Waals surface area contributed by atoms with E-state index in [1.165, 1.54) is 0 Å². The van der Waals surface area contributed by atoms with E-state index >= 15 is 0 Å². The van der Waals surface area contributed by atoms with Crippen molar-refractivity contribution >= 4 is 17.3 Å². The van der Waals surface area contributed by atoms with E-state index in [1.807, 2.05) is 32.9 Å². The number of rotatable bonds is 3. The molecule has 1 saturated heterocycles. The summed E-state index contributed by atoms with van der Waals surface area (Å²) in [4.78, 5) is 0. The molecule has 0 saturated carbocycles. The second-order valence-corrected chi connectivity index (χ2v) is 5.57. The molecule has 1 aromatic carbocycles. The highest BCUT2D eigenvalue weighted by Gasteiger charge is 2.28. The van der Waals surface area contributed by atoms with Crippen LogP contribution in [0.15, 0.2) is 12.1 Å². The fourth-order valence-electron chi connectivity index (χ4n) is 1.94. The van der Waals surface area contributed by atoms with Crippen molar-refractivity contribution in [1.82, 2.24) is 0 Å². The standard InChI is InChI=1S/C14H20ClNO3/c1-9-5-12(13(17-4)6-11(9)15)16-10-7-18-14(2,3)19-8-10/h5-6,10,16H,7-8H2,1-4H3. The molecular formula is C14H20ClNO3. The van der Waals surface area contributed by atoms with Crippen LogP contribution in [-0.4, -0.2) is 32.2 Å². The summed E-state index contributed by atoms with van der Waals surface area (Å²) in [5.41, 5.74) is 1.91. The normalized spacial score (nSPS) is 19.2. The van der Waals surface area contributed by atoms with Crippen molar-refractivity contribution < 1.29 is 14.2 Å². The highest BCUT2D eigenvalue weighted by Crippen LogP contribution is 2.32. The third-order valence-electron chi connectivity index (χ3n) is 3.10. The number of anilines is 1. The number of halogens is 1. The Morgan fingerprint density at radius 2 is 1.95 bits per heavy atom. The van der Waals surface area contributed by atoms with Gasteiger partial charge in [-0.3, -0.25) is 0 Å². The predicted molar refractivity (Wildman–Crippen MR) is 76.1 cm³/mol. The SMILES string of the molecule is COc1cc(Cl)c(C)cc1NC1COC(C)(C)OC1. The summed E-state index contributed by atoms with van der Waals surface area (Å²) in [7, 11) is 1.63. The molecule has 106 valence electrons. The largest absolute Gasteiger partial charge is 0.495 e. The average molecular weight is 286 g/mol. The fourth-order valence-corrected chi connectivity index (χ4v) is 2.09. The summed E-state index contributed by atoms with van der Waals surface area (Å²) in [5.74, 6) is 0.221. The van der Waals surface area contributed by atoms with E-state index < -0.39 is 5.79 Å². The van der Waals surface area contributed by atoms with Crippen LogP contribution in [0.2, 0.25) is 5.02 Å². The van der Waals surface area contributed by atoms with Gasteiger partial charge in [0.25, 0.3) is 0 Å². The van der Waals surface area contributed by atoms with Crippen LogP contribution in [0.1, 0.15) is 19.4 Å². The lowest BCUT2D eigenvalue weighted by Crippen LogP contribution is -2.45. The molecule has 0 spiro atoms. The lowest BCUT2D eigenvalue weighted by molar-refractivity contribution is -0.247. The van der Waals surface area contributed by atoms with Gasteiger partial charge < -0.3 is 19.5 Å². The topological polar surface area (TPSA) is 39.7 Å². The lowest BCUT2D eigenvalue weighted by atomic mass is 10.1. The van der Waals surface area contributed by atoms with E-state index in [0.29, 0.717) is 18.2 Å². The van der Waals surface area contributed by atoms with E-state index in [0.717, 1.165) is 17.0 Å². The van der Waals surface area contributed by atoms with Gasteiger partial charge >= 0.3 is 0 Å². The minimum Gasteiger partial charge on any atom is -0.495 e. The Labute approximate surface area is 119 Å². The van der Waals surface area contributed by atoms with E-state index in [4.69, 9.17) is 25.8 Å². The van der Waals surface area contributed by atoms with Crippen LogP contribution >= 0.6 is 11.6 Å². The molecule has 5 heteroatoms. The molecule has 1 aliphatic rings. The minimum absolute atomic E-state index is 0.0995. The van der Waals surface area contributed by atoms with Gasteiger partial charge in [-0.25, -0.2) is 0 Å². The van der Waals surface area contributed by atoms with Crippen molar-refractivity contribution in [3.8, 4) is 5.75 Å². The number of methoxy groups -OCH3 is 1. The van der Waals surface area contributed by atoms with Gasteiger partial charge in [0.1, 0.15) is 5.75 Å². The average Bonchev–Trinajstić information content (AvgIpc) is 2.36. The molecule has 19 heavy (non-hydrogen) atoms. The van der Waals surface area contributed by atoms with Gasteiger partial charge in [-0.1, -0.05) is 11.6 Å². The number of ether oxygens (including phenoxy) is 3. The molecule has 4 nitrogen and oxygen atoms in total. The van der Waals surface area contributed by atoms with Gasteiger partial charge in [-0.15, -0.1) is 0 Å². The van der Waals surface area contributed by atoms with Crippen LogP contribution in [0, 0.1) is 6.92 Å². The number of aryl methyl sites for hydroxylation is 1. The second kappa shape index (κ2) is 5.57. The van der Waals surface area contributed by atoms with Crippen molar-refractivity contribution in [2.45, 2.75) is 32.6 Å². The Hall–Kier alpha value is -0.970. The molecule has 0 aromatic heterocycles. The first kappa shape index (κ1) is 14.4. The zero-order chi connectivity index (χ0) is 14.0. The van der Waals surface area contributed by atoms with E-state index in [9.17, 15) is 0 Å². The van der Waals surface area contributed by atoms with Crippen LogP contribution in [0.3, 0.4) is 0 Å². The quantitative estimate of drug-likeness (QED) is 0.926. The van der Waals surface area contributed by atoms with Crippen LogP contribution in [0.25, 0.3) is 0 Å². The van der Waals surface area contributed by atoms with Gasteiger partial charge in [0.2, 0.25) is 0 Å². The smallest absolute Gasteiger partial charge is 0.162 e. The molecular weight excluding hydrogens is 266 g/mol. The molecule has 1 aliphatic heterocycles. The zero-order valence-corrected chi connectivity index (χ0v) is 12.5. The van der Waals surface area contributed by atoms with Crippen LogP contribution < -0.4 is 10.1 Å². The Morgan fingerprint density at radius 3 is 2.53 bits per heavy atom. The molecule has 1 N–H and O–H groups in total. The third-order valence-corrected chi connectivity index (χ3v) is 3.51. The first-order valence-corrected chi connectivity index (χ1v) is 6.67. The molecule has 1 fully saturated rings. The Balaban J connectivity index is 2.09. The van der Waals surface area contributed by atoms with Gasteiger partial charge in [0.05, 0.1) is 32.1 Å². The molecule has 0 radical (unpaired) electrons. The maximum atomic E-state index is 6.09. The second-order valence-electron chi connectivity index (χ2n) is 5.16. The maximum Gasteiger partial charge on any atom is 0.162 e. The Morgan fingerprint density at radius 1 is 1.32 bits per heavy atom. The molecule has 0 amide bonds. The van der Waals surface area contributed by atoms with Crippen LogP contribution in [0.5, 0.6) is 5.75 Å². The highest BCUT2D eigenvalue weighted by atomic mass is 35.5. The summed E-state index contributed by atoms with van der Waals surface area (Å²) in [6.07, 6.45) is 0. The van der Waals surface area contributed by atoms with Crippen molar-refractivity contribution in [3.05, 3.63) is 22.7 Å². The third kappa shape index (κ3) is 3.53.